The van der Waals surface area contributed by atoms with Crippen molar-refractivity contribution < 1.29 is 46.6 Å². The molecule has 0 bridgehead atoms. The van der Waals surface area contributed by atoms with Gasteiger partial charge in [0.05, 0.1) is 25.9 Å². The molecule has 1 saturated heterocycles. The summed E-state index contributed by atoms with van der Waals surface area (Å²) in [5.41, 5.74) is 0.287. The molecule has 1 N–H and O–H groups in total. The average molecular weight is 780 g/mol. The number of esters is 2. The Kier molecular flexibility index (Phi) is 10.5. The number of imidazole rings is 1. The number of hydrogen-bond donors (Lipinski definition) is 1. The van der Waals surface area contributed by atoms with E-state index in [9.17, 15) is 24.3 Å². The van der Waals surface area contributed by atoms with Gasteiger partial charge in [0.1, 0.15) is 36.1 Å². The number of carbonyl (C=O) groups excluding carboxylic acids is 2. The zero-order chi connectivity index (χ0) is 40.0. The molecule has 0 amide bonds. The lowest BCUT2D eigenvalue weighted by molar-refractivity contribution is -0.160. The molecule has 1 aliphatic heterocycles. The van der Waals surface area contributed by atoms with Crippen molar-refractivity contribution in [2.75, 3.05) is 6.61 Å². The first kappa shape index (κ1) is 39.0. The molecule has 1 fully saturated rings. The fraction of sp³-hybridized carbons (Fsp3) is 0.432. The lowest BCUT2D eigenvalue weighted by atomic mass is 9.78. The van der Waals surface area contributed by atoms with Gasteiger partial charge >= 0.3 is 23.6 Å². The van der Waals surface area contributed by atoms with E-state index in [0.29, 0.717) is 11.3 Å². The lowest BCUT2D eigenvalue weighted by Crippen LogP contribution is -2.44. The van der Waals surface area contributed by atoms with Gasteiger partial charge in [-0.1, -0.05) is 25.8 Å². The van der Waals surface area contributed by atoms with Crippen LogP contribution in [0, 0.1) is 40.0 Å². The van der Waals surface area contributed by atoms with Gasteiger partial charge in [-0.3, -0.25) is 23.7 Å². The molecule has 3 atom stereocenters. The largest absolute Gasteiger partial charge is 0.519 e. The predicted octanol–water partition coefficient (Wildman–Crippen LogP) is 3.85. The van der Waals surface area contributed by atoms with Gasteiger partial charge in [-0.15, -0.1) is 6.42 Å². The van der Waals surface area contributed by atoms with Gasteiger partial charge in [0, 0.05) is 24.3 Å². The van der Waals surface area contributed by atoms with E-state index < -0.39 is 53.5 Å². The van der Waals surface area contributed by atoms with E-state index in [2.05, 4.69) is 20.9 Å². The van der Waals surface area contributed by atoms with Gasteiger partial charge in [-0.2, -0.15) is 4.98 Å². The third-order valence-corrected chi connectivity index (χ3v) is 9.60. The molecule has 55 heavy (non-hydrogen) atoms. The summed E-state index contributed by atoms with van der Waals surface area (Å²) in [5, 5.41) is 10.4. The number of carbonyl (C=O) groups is 2. The molecule has 17 nitrogen and oxygen atoms in total. The van der Waals surface area contributed by atoms with Gasteiger partial charge in [0.15, 0.2) is 33.8 Å². The van der Waals surface area contributed by atoms with Crippen molar-refractivity contribution in [3.63, 3.8) is 0 Å². The fourth-order valence-corrected chi connectivity index (χ4v) is 7.09. The number of aryl methyl sites for hydroxylation is 4. The first-order chi connectivity index (χ1) is 25.9. The van der Waals surface area contributed by atoms with E-state index in [4.69, 9.17) is 49.9 Å². The molecule has 6 rings (SSSR count). The minimum absolute atomic E-state index is 0.0238. The zero-order valence-electron chi connectivity index (χ0n) is 31.1. The summed E-state index contributed by atoms with van der Waals surface area (Å²) < 4.78 is 41.0. The van der Waals surface area contributed by atoms with Crippen molar-refractivity contribution in [2.45, 2.75) is 97.7 Å². The lowest BCUT2D eigenvalue weighted by Gasteiger charge is -2.31. The maximum Gasteiger partial charge on any atom is 0.519 e. The molecule has 4 aromatic heterocycles. The van der Waals surface area contributed by atoms with Crippen LogP contribution in [0.3, 0.4) is 0 Å². The molecule has 5 aromatic rings. The predicted molar refractivity (Wildman–Crippen MR) is 191 cm³/mol. The normalized spacial score (nSPS) is 18.9. The Labute approximate surface area is 317 Å². The maximum atomic E-state index is 13.7. The van der Waals surface area contributed by atoms with Crippen LogP contribution in [0.15, 0.2) is 50.7 Å². The number of halogens is 1. The summed E-state index contributed by atoms with van der Waals surface area (Å²) in [6.45, 7) is 10.8. The number of fused-ring (bicyclic) bond motifs is 1. The monoisotopic (exact) mass is 779 g/mol. The number of benzene rings is 1. The number of hydrogen-bond acceptors (Lipinski definition) is 15. The molecule has 18 heteroatoms. The second kappa shape index (κ2) is 14.9. The molecule has 290 valence electrons. The fourth-order valence-electron chi connectivity index (χ4n) is 6.87. The number of rotatable bonds is 11. The van der Waals surface area contributed by atoms with E-state index in [-0.39, 0.29) is 70.9 Å². The smallest absolute Gasteiger partial charge is 0.458 e. The minimum Gasteiger partial charge on any atom is -0.458 e. The van der Waals surface area contributed by atoms with Crippen LogP contribution in [0.5, 0.6) is 5.75 Å². The maximum absolute atomic E-state index is 13.7. The van der Waals surface area contributed by atoms with E-state index >= 15 is 0 Å². The highest BCUT2D eigenvalue weighted by atomic mass is 35.5. The first-order valence-electron chi connectivity index (χ1n) is 17.0. The number of nitrogens with zero attached hydrogens (tertiary/aromatic N) is 5. The summed E-state index contributed by atoms with van der Waals surface area (Å²) in [7, 11) is 0. The summed E-state index contributed by atoms with van der Waals surface area (Å²) in [4.78, 5) is 62.9. The van der Waals surface area contributed by atoms with Gasteiger partial charge in [0.2, 0.25) is 5.28 Å². The SMILES string of the molecule is C#C[C@]1(CO)O[C@@H](n2cnc3/c(=N/Cc4oc(=O)oc4C)n(Cc4oc(=O)oc4C)c(Cl)nc32)C[C@@H]1OC(=O)CC(C)(C)c1c(C)cc(C)cc1OC(C)=O. The van der Waals surface area contributed by atoms with Crippen LogP contribution in [-0.4, -0.2) is 54.5 Å². The van der Waals surface area contributed by atoms with Crippen molar-refractivity contribution in [3.05, 3.63) is 90.2 Å². The van der Waals surface area contributed by atoms with Crippen molar-refractivity contribution in [1.82, 2.24) is 19.1 Å². The first-order valence-corrected chi connectivity index (χ1v) is 17.4. The highest BCUT2D eigenvalue weighted by Crippen LogP contribution is 2.42. The summed E-state index contributed by atoms with van der Waals surface area (Å²) in [6, 6.07) is 3.67. The summed E-state index contributed by atoms with van der Waals surface area (Å²) in [5.74, 6) is 0.600. The molecule has 0 aliphatic carbocycles. The number of aliphatic hydroxyl groups is 1. The summed E-state index contributed by atoms with van der Waals surface area (Å²) >= 11 is 6.75. The average Bonchev–Trinajstić information content (AvgIpc) is 3.83. The van der Waals surface area contributed by atoms with Crippen LogP contribution < -0.4 is 21.9 Å². The Bertz CT molecular complexity index is 2540. The van der Waals surface area contributed by atoms with Gasteiger partial charge < -0.3 is 37.0 Å². The van der Waals surface area contributed by atoms with Crippen molar-refractivity contribution in [2.24, 2.45) is 4.99 Å². The van der Waals surface area contributed by atoms with Crippen molar-refractivity contribution in [3.8, 4) is 18.1 Å². The van der Waals surface area contributed by atoms with E-state index in [1.54, 1.807) is 19.9 Å². The molecule has 1 aromatic carbocycles. The number of terminal acetylenes is 1. The Morgan fingerprint density at radius 3 is 2.38 bits per heavy atom. The second-order valence-electron chi connectivity index (χ2n) is 13.9. The van der Waals surface area contributed by atoms with Crippen LogP contribution in [0.2, 0.25) is 5.28 Å². The van der Waals surface area contributed by atoms with Gasteiger partial charge in [-0.25, -0.2) is 14.6 Å². The molecule has 5 heterocycles. The third-order valence-electron chi connectivity index (χ3n) is 9.31. The Morgan fingerprint density at radius 2 is 1.78 bits per heavy atom. The Balaban J connectivity index is 1.34. The third kappa shape index (κ3) is 7.66. The number of ether oxygens (including phenoxy) is 3. The Hall–Kier alpha value is -5.70. The molecule has 0 unspecified atom stereocenters. The van der Waals surface area contributed by atoms with E-state index in [0.717, 1.165) is 11.1 Å². The number of aliphatic hydroxyl groups excluding tert-OH is 1. The second-order valence-corrected chi connectivity index (χ2v) is 14.2. The highest BCUT2D eigenvalue weighted by Gasteiger charge is 2.51. The minimum atomic E-state index is -1.75. The van der Waals surface area contributed by atoms with Crippen LogP contribution in [0.4, 0.5) is 0 Å². The molecule has 0 spiro atoms. The van der Waals surface area contributed by atoms with Gasteiger partial charge in [-0.05, 0) is 56.5 Å². The molecular formula is C37H38ClN5O12. The molecular weight excluding hydrogens is 742 g/mol. The number of aromatic nitrogens is 4. The van der Waals surface area contributed by atoms with Crippen LogP contribution in [0.1, 0.15) is 79.6 Å². The topological polar surface area (TPSA) is 217 Å². The van der Waals surface area contributed by atoms with Crippen LogP contribution in [-0.2, 0) is 37.6 Å². The molecule has 1 aliphatic rings. The van der Waals surface area contributed by atoms with Crippen molar-refractivity contribution >= 4 is 34.7 Å². The summed E-state index contributed by atoms with van der Waals surface area (Å²) in [6.07, 6.45) is 5.08. The van der Waals surface area contributed by atoms with Crippen molar-refractivity contribution in [1.29, 1.82) is 0 Å². The van der Waals surface area contributed by atoms with E-state index in [1.165, 1.54) is 22.4 Å². The molecule has 0 saturated carbocycles. The van der Waals surface area contributed by atoms with Crippen LogP contribution in [0.25, 0.3) is 11.2 Å². The highest BCUT2D eigenvalue weighted by molar-refractivity contribution is 6.28. The van der Waals surface area contributed by atoms with Crippen LogP contribution >= 0.6 is 11.6 Å². The standard InChI is InChI=1S/C37H38ClN5O12/c1-9-37(16-44)26(54-28(46)13-36(7,8)29-19(3)10-18(2)11-23(29)51-22(6)45)12-27(55-37)43-17-40-30-31(39-14-24-20(4)49-34(47)52-24)42(33(38)41-32(30)43)15-25-21(5)50-35(48)53-25/h1,10-11,17,26-27,44H,12-16H2,2-8H3/b39-31-/t26-,27+,37+/m0/s1. The van der Waals surface area contributed by atoms with Gasteiger partial charge in [0.25, 0.3) is 0 Å². The van der Waals surface area contributed by atoms with E-state index in [1.807, 2.05) is 33.8 Å². The quantitative estimate of drug-likeness (QED) is 0.0872. The zero-order valence-corrected chi connectivity index (χ0v) is 31.8. The molecule has 0 radical (unpaired) electrons. The Morgan fingerprint density at radius 1 is 1.11 bits per heavy atom.